The number of pyridine rings is 1. The molecule has 1 N–H and O–H groups in total. The highest BCUT2D eigenvalue weighted by atomic mass is 19.1. The van der Waals surface area contributed by atoms with Crippen LogP contribution in [0, 0.1) is 5.95 Å². The van der Waals surface area contributed by atoms with Gasteiger partial charge in [-0.15, -0.1) is 0 Å². The molecule has 0 aliphatic carbocycles. The molecule has 70 valence electrons. The second kappa shape index (κ2) is 3.81. The monoisotopic (exact) mass is 182 g/mol. The third kappa shape index (κ3) is 1.84. The first-order valence-corrected chi connectivity index (χ1v) is 4.29. The Morgan fingerprint density at radius 3 is 3.23 bits per heavy atom. The maximum absolute atomic E-state index is 13.2. The highest BCUT2D eigenvalue weighted by molar-refractivity contribution is 5.16. The fourth-order valence-electron chi connectivity index (χ4n) is 1.42. The maximum atomic E-state index is 13.2. The summed E-state index contributed by atoms with van der Waals surface area (Å²) in [4.78, 5) is 3.59. The summed E-state index contributed by atoms with van der Waals surface area (Å²) in [7, 11) is 0. The van der Waals surface area contributed by atoms with E-state index >= 15 is 0 Å². The Bertz CT molecular complexity index is 287. The van der Waals surface area contributed by atoms with E-state index < -0.39 is 5.95 Å². The molecule has 1 fully saturated rings. The second-order valence-electron chi connectivity index (χ2n) is 2.97. The molecule has 1 aromatic rings. The number of hydrogen-bond acceptors (Lipinski definition) is 3. The number of morpholine rings is 1. The predicted octanol–water partition coefficient (Wildman–Crippen LogP) is 0.882. The zero-order valence-corrected chi connectivity index (χ0v) is 7.16. The lowest BCUT2D eigenvalue weighted by atomic mass is 10.1. The molecule has 3 nitrogen and oxygen atoms in total. The van der Waals surface area contributed by atoms with E-state index in [1.807, 2.05) is 0 Å². The zero-order valence-electron chi connectivity index (χ0n) is 7.16. The highest BCUT2D eigenvalue weighted by Crippen LogP contribution is 2.16. The first-order valence-electron chi connectivity index (χ1n) is 4.29. The van der Waals surface area contributed by atoms with Crippen molar-refractivity contribution in [3.8, 4) is 0 Å². The van der Waals surface area contributed by atoms with Crippen molar-refractivity contribution < 1.29 is 9.13 Å². The van der Waals surface area contributed by atoms with Gasteiger partial charge in [-0.05, 0) is 6.07 Å². The molecule has 0 saturated carbocycles. The van der Waals surface area contributed by atoms with E-state index in [9.17, 15) is 4.39 Å². The van der Waals surface area contributed by atoms with Crippen LogP contribution in [0.2, 0.25) is 0 Å². The van der Waals surface area contributed by atoms with Gasteiger partial charge in [0.15, 0.2) is 0 Å². The van der Waals surface area contributed by atoms with E-state index in [-0.39, 0.29) is 6.04 Å². The second-order valence-corrected chi connectivity index (χ2v) is 2.97. The van der Waals surface area contributed by atoms with Crippen molar-refractivity contribution in [3.63, 3.8) is 0 Å². The summed E-state index contributed by atoms with van der Waals surface area (Å²) in [5.41, 5.74) is 0.585. The minimum absolute atomic E-state index is 0.0533. The van der Waals surface area contributed by atoms with Gasteiger partial charge >= 0.3 is 0 Å². The molecular weight excluding hydrogens is 171 g/mol. The molecular formula is C9H11FN2O. The van der Waals surface area contributed by atoms with Gasteiger partial charge in [0.2, 0.25) is 5.95 Å². The first-order chi connectivity index (χ1) is 6.38. The smallest absolute Gasteiger partial charge is 0.217 e. The molecule has 4 heteroatoms. The zero-order chi connectivity index (χ0) is 9.10. The van der Waals surface area contributed by atoms with Crippen LogP contribution < -0.4 is 5.32 Å². The number of halogens is 1. The van der Waals surface area contributed by atoms with Crippen molar-refractivity contribution in [1.82, 2.24) is 10.3 Å². The summed E-state index contributed by atoms with van der Waals surface area (Å²) in [6.45, 7) is 1.97. The minimum atomic E-state index is -0.412. The summed E-state index contributed by atoms with van der Waals surface area (Å²) in [5.74, 6) is -0.412. The highest BCUT2D eigenvalue weighted by Gasteiger charge is 2.18. The van der Waals surface area contributed by atoms with Crippen LogP contribution in [0.4, 0.5) is 4.39 Å². The quantitative estimate of drug-likeness (QED) is 0.655. The molecule has 1 atom stereocenters. The molecule has 0 spiro atoms. The lowest BCUT2D eigenvalue weighted by molar-refractivity contribution is 0.0755. The molecule has 0 bridgehead atoms. The molecule has 0 aromatic carbocycles. The number of aromatic nitrogens is 1. The topological polar surface area (TPSA) is 34.1 Å². The Kier molecular flexibility index (Phi) is 2.52. The Morgan fingerprint density at radius 1 is 1.62 bits per heavy atom. The molecule has 1 unspecified atom stereocenters. The van der Waals surface area contributed by atoms with Crippen molar-refractivity contribution in [2.24, 2.45) is 0 Å². The fourth-order valence-corrected chi connectivity index (χ4v) is 1.42. The molecule has 1 aromatic heterocycles. The summed E-state index contributed by atoms with van der Waals surface area (Å²) in [6, 6.07) is 3.41. The van der Waals surface area contributed by atoms with E-state index in [4.69, 9.17) is 4.74 Å². The molecule has 0 amide bonds. The Labute approximate surface area is 75.9 Å². The number of rotatable bonds is 1. The Morgan fingerprint density at radius 2 is 2.54 bits per heavy atom. The Balaban J connectivity index is 2.18. The first kappa shape index (κ1) is 8.59. The molecule has 0 radical (unpaired) electrons. The van der Waals surface area contributed by atoms with E-state index in [1.165, 1.54) is 6.20 Å². The SMILES string of the molecule is Fc1ncccc1C1COCCN1. The Hall–Kier alpha value is -1.00. The largest absolute Gasteiger partial charge is 0.378 e. The summed E-state index contributed by atoms with van der Waals surface area (Å²) >= 11 is 0. The van der Waals surface area contributed by atoms with Crippen LogP contribution >= 0.6 is 0 Å². The van der Waals surface area contributed by atoms with Gasteiger partial charge in [0, 0.05) is 18.3 Å². The van der Waals surface area contributed by atoms with Crippen molar-refractivity contribution >= 4 is 0 Å². The maximum Gasteiger partial charge on any atom is 0.217 e. The number of nitrogens with zero attached hydrogens (tertiary/aromatic N) is 1. The molecule has 1 saturated heterocycles. The van der Waals surface area contributed by atoms with Crippen molar-refractivity contribution in [2.45, 2.75) is 6.04 Å². The lowest BCUT2D eigenvalue weighted by Gasteiger charge is -2.23. The number of ether oxygens (including phenoxy) is 1. The predicted molar refractivity (Wildman–Crippen MR) is 45.8 cm³/mol. The average molecular weight is 182 g/mol. The third-order valence-corrected chi connectivity index (χ3v) is 2.09. The van der Waals surface area contributed by atoms with Gasteiger partial charge in [0.05, 0.1) is 19.3 Å². The van der Waals surface area contributed by atoms with Crippen LogP contribution in [0.15, 0.2) is 18.3 Å². The summed E-state index contributed by atoms with van der Waals surface area (Å²) < 4.78 is 18.4. The van der Waals surface area contributed by atoms with Crippen LogP contribution in [0.25, 0.3) is 0 Å². The van der Waals surface area contributed by atoms with Gasteiger partial charge in [-0.3, -0.25) is 0 Å². The van der Waals surface area contributed by atoms with Crippen LogP contribution in [0.3, 0.4) is 0 Å². The average Bonchev–Trinajstić information content (AvgIpc) is 2.20. The normalized spacial score (nSPS) is 23.0. The van der Waals surface area contributed by atoms with Crippen LogP contribution in [0.1, 0.15) is 11.6 Å². The lowest BCUT2D eigenvalue weighted by Crippen LogP contribution is -2.35. The molecule has 2 rings (SSSR count). The molecule has 2 heterocycles. The third-order valence-electron chi connectivity index (χ3n) is 2.09. The van der Waals surface area contributed by atoms with Gasteiger partial charge in [-0.25, -0.2) is 4.98 Å². The van der Waals surface area contributed by atoms with E-state index in [0.717, 1.165) is 6.54 Å². The fraction of sp³-hybridized carbons (Fsp3) is 0.444. The van der Waals surface area contributed by atoms with Gasteiger partial charge in [0.25, 0.3) is 0 Å². The van der Waals surface area contributed by atoms with Crippen LogP contribution in [-0.2, 0) is 4.74 Å². The van der Waals surface area contributed by atoms with E-state index in [1.54, 1.807) is 12.1 Å². The molecule has 1 aliphatic rings. The number of hydrogen-bond donors (Lipinski definition) is 1. The van der Waals surface area contributed by atoms with Gasteiger partial charge in [-0.2, -0.15) is 4.39 Å². The van der Waals surface area contributed by atoms with Gasteiger partial charge in [0.1, 0.15) is 0 Å². The van der Waals surface area contributed by atoms with E-state index in [0.29, 0.717) is 18.8 Å². The van der Waals surface area contributed by atoms with Crippen LogP contribution in [-0.4, -0.2) is 24.7 Å². The van der Waals surface area contributed by atoms with Crippen LogP contribution in [0.5, 0.6) is 0 Å². The molecule has 13 heavy (non-hydrogen) atoms. The standard InChI is InChI=1S/C9H11FN2O/c10-9-7(2-1-3-12-9)8-6-13-5-4-11-8/h1-3,8,11H,4-6H2. The summed E-state index contributed by atoms with van der Waals surface area (Å²) in [6.07, 6.45) is 1.45. The van der Waals surface area contributed by atoms with Crippen molar-refractivity contribution in [2.75, 3.05) is 19.8 Å². The number of nitrogens with one attached hydrogen (secondary N) is 1. The van der Waals surface area contributed by atoms with Crippen molar-refractivity contribution in [1.29, 1.82) is 0 Å². The van der Waals surface area contributed by atoms with Gasteiger partial charge < -0.3 is 10.1 Å². The van der Waals surface area contributed by atoms with Crippen molar-refractivity contribution in [3.05, 3.63) is 29.8 Å². The van der Waals surface area contributed by atoms with Gasteiger partial charge in [-0.1, -0.05) is 6.07 Å². The molecule has 1 aliphatic heterocycles. The minimum Gasteiger partial charge on any atom is -0.378 e. The summed E-state index contributed by atoms with van der Waals surface area (Å²) in [5, 5.41) is 3.17. The van der Waals surface area contributed by atoms with E-state index in [2.05, 4.69) is 10.3 Å².